The maximum atomic E-state index is 12.2. The normalized spacial score (nSPS) is 10.8. The molecule has 3 nitrogen and oxygen atoms in total. The van der Waals surface area contributed by atoms with E-state index < -0.39 is 0 Å². The Kier molecular flexibility index (Phi) is 5.58. The minimum atomic E-state index is 0.00209. The molecule has 0 saturated carbocycles. The smallest absolute Gasteiger partial charge is 0.246 e. The minimum Gasteiger partial charge on any atom is -0.378 e. The molecule has 0 aliphatic rings. The van der Waals surface area contributed by atoms with Gasteiger partial charge < -0.3 is 9.80 Å². The quantitative estimate of drug-likeness (QED) is 0.786. The molecule has 0 saturated heterocycles. The fourth-order valence-corrected chi connectivity index (χ4v) is 2.22. The van der Waals surface area contributed by atoms with E-state index in [1.54, 1.807) is 11.0 Å². The van der Waals surface area contributed by atoms with Gasteiger partial charge in [0.2, 0.25) is 5.91 Å². The molecule has 0 radical (unpaired) electrons. The fraction of sp³-hybridized carbons (Fsp3) is 0.250. The van der Waals surface area contributed by atoms with Crippen LogP contribution in [0.2, 0.25) is 0 Å². The van der Waals surface area contributed by atoms with Gasteiger partial charge in [0.1, 0.15) is 0 Å². The first-order valence-electron chi connectivity index (χ1n) is 7.72. The average Bonchev–Trinajstić information content (AvgIpc) is 2.54. The Labute approximate surface area is 138 Å². The van der Waals surface area contributed by atoms with Crippen LogP contribution in [0.15, 0.2) is 54.6 Å². The van der Waals surface area contributed by atoms with Gasteiger partial charge in [-0.1, -0.05) is 42.0 Å². The Morgan fingerprint density at radius 1 is 0.957 bits per heavy atom. The summed E-state index contributed by atoms with van der Waals surface area (Å²) in [5, 5.41) is 0. The molecule has 0 aromatic heterocycles. The van der Waals surface area contributed by atoms with Gasteiger partial charge in [0.25, 0.3) is 0 Å². The van der Waals surface area contributed by atoms with E-state index in [1.807, 2.05) is 58.4 Å². The summed E-state index contributed by atoms with van der Waals surface area (Å²) in [4.78, 5) is 16.0. The zero-order valence-corrected chi connectivity index (χ0v) is 14.3. The largest absolute Gasteiger partial charge is 0.378 e. The lowest BCUT2D eigenvalue weighted by Gasteiger charge is -2.17. The van der Waals surface area contributed by atoms with E-state index in [9.17, 15) is 4.79 Å². The number of amides is 1. The van der Waals surface area contributed by atoms with E-state index in [-0.39, 0.29) is 5.91 Å². The van der Waals surface area contributed by atoms with Crippen LogP contribution in [0.25, 0.3) is 6.08 Å². The topological polar surface area (TPSA) is 23.6 Å². The van der Waals surface area contributed by atoms with E-state index in [0.717, 1.165) is 16.8 Å². The molecule has 2 aromatic rings. The maximum Gasteiger partial charge on any atom is 0.246 e. The molecule has 2 aromatic carbocycles. The molecule has 0 fully saturated rings. The number of benzene rings is 2. The zero-order chi connectivity index (χ0) is 16.8. The van der Waals surface area contributed by atoms with Crippen LogP contribution in [0.1, 0.15) is 16.7 Å². The Morgan fingerprint density at radius 2 is 1.57 bits per heavy atom. The van der Waals surface area contributed by atoms with Gasteiger partial charge in [0, 0.05) is 39.5 Å². The summed E-state index contributed by atoms with van der Waals surface area (Å²) in [7, 11) is 5.85. The van der Waals surface area contributed by atoms with Gasteiger partial charge in [-0.25, -0.2) is 0 Å². The number of nitrogens with zero attached hydrogens (tertiary/aromatic N) is 2. The molecule has 23 heavy (non-hydrogen) atoms. The molecule has 120 valence electrons. The lowest BCUT2D eigenvalue weighted by molar-refractivity contribution is -0.125. The van der Waals surface area contributed by atoms with Crippen LogP contribution in [0.3, 0.4) is 0 Å². The van der Waals surface area contributed by atoms with Crippen molar-refractivity contribution in [3.05, 3.63) is 71.3 Å². The van der Waals surface area contributed by atoms with Crippen molar-refractivity contribution in [2.45, 2.75) is 13.5 Å². The first-order valence-corrected chi connectivity index (χ1v) is 7.72. The number of rotatable bonds is 5. The van der Waals surface area contributed by atoms with E-state index in [4.69, 9.17) is 0 Å². The molecule has 3 heteroatoms. The van der Waals surface area contributed by atoms with E-state index in [1.165, 1.54) is 5.56 Å². The van der Waals surface area contributed by atoms with Gasteiger partial charge in [-0.2, -0.15) is 0 Å². The summed E-state index contributed by atoms with van der Waals surface area (Å²) in [6.45, 7) is 2.65. The number of hydrogen-bond acceptors (Lipinski definition) is 2. The third-order valence-electron chi connectivity index (χ3n) is 3.74. The summed E-state index contributed by atoms with van der Waals surface area (Å²) in [5.41, 5.74) is 4.52. The molecular formula is C20H24N2O. The van der Waals surface area contributed by atoms with Crippen LogP contribution in [0.4, 0.5) is 5.69 Å². The van der Waals surface area contributed by atoms with Crippen LogP contribution >= 0.6 is 0 Å². The van der Waals surface area contributed by atoms with Crippen molar-refractivity contribution in [2.75, 3.05) is 26.0 Å². The molecule has 2 rings (SSSR count). The number of anilines is 1. The molecular weight excluding hydrogens is 284 g/mol. The third-order valence-corrected chi connectivity index (χ3v) is 3.74. The van der Waals surface area contributed by atoms with Crippen LogP contribution in [0.5, 0.6) is 0 Å². The Bertz CT molecular complexity index is 670. The highest BCUT2D eigenvalue weighted by molar-refractivity contribution is 5.91. The molecule has 0 bridgehead atoms. The van der Waals surface area contributed by atoms with Crippen molar-refractivity contribution in [2.24, 2.45) is 0 Å². The number of hydrogen-bond donors (Lipinski definition) is 0. The Balaban J connectivity index is 1.95. The third kappa shape index (κ3) is 4.99. The molecule has 0 unspecified atom stereocenters. The van der Waals surface area contributed by atoms with Crippen LogP contribution in [-0.4, -0.2) is 32.0 Å². The second-order valence-corrected chi connectivity index (χ2v) is 6.00. The van der Waals surface area contributed by atoms with Crippen molar-refractivity contribution in [3.63, 3.8) is 0 Å². The first kappa shape index (κ1) is 16.8. The average molecular weight is 308 g/mol. The monoisotopic (exact) mass is 308 g/mol. The predicted octanol–water partition coefficient (Wildman–Crippen LogP) is 3.73. The van der Waals surface area contributed by atoms with Crippen molar-refractivity contribution in [1.82, 2.24) is 4.90 Å². The van der Waals surface area contributed by atoms with E-state index >= 15 is 0 Å². The zero-order valence-electron chi connectivity index (χ0n) is 14.3. The number of likely N-dealkylation sites (N-methyl/N-ethyl adjacent to an activating group) is 1. The lowest BCUT2D eigenvalue weighted by atomic mass is 10.1. The van der Waals surface area contributed by atoms with Crippen LogP contribution in [-0.2, 0) is 11.3 Å². The predicted molar refractivity (Wildman–Crippen MR) is 97.5 cm³/mol. The summed E-state index contributed by atoms with van der Waals surface area (Å²) in [6.07, 6.45) is 3.48. The second kappa shape index (κ2) is 7.63. The maximum absolute atomic E-state index is 12.2. The van der Waals surface area contributed by atoms with Crippen molar-refractivity contribution in [3.8, 4) is 0 Å². The first-order chi connectivity index (χ1) is 11.0. The minimum absolute atomic E-state index is 0.00209. The van der Waals surface area contributed by atoms with Gasteiger partial charge in [-0.3, -0.25) is 4.79 Å². The Hall–Kier alpha value is -2.55. The molecule has 0 atom stereocenters. The second-order valence-electron chi connectivity index (χ2n) is 6.00. The van der Waals surface area contributed by atoms with E-state index in [2.05, 4.69) is 29.2 Å². The van der Waals surface area contributed by atoms with Crippen LogP contribution < -0.4 is 4.90 Å². The van der Waals surface area contributed by atoms with E-state index in [0.29, 0.717) is 6.54 Å². The molecule has 1 amide bonds. The highest BCUT2D eigenvalue weighted by Gasteiger charge is 2.06. The Morgan fingerprint density at radius 3 is 2.13 bits per heavy atom. The summed E-state index contributed by atoms with van der Waals surface area (Å²) in [6, 6.07) is 16.4. The number of carbonyl (C=O) groups is 1. The van der Waals surface area contributed by atoms with Gasteiger partial charge in [0.05, 0.1) is 0 Å². The van der Waals surface area contributed by atoms with Crippen molar-refractivity contribution in [1.29, 1.82) is 0 Å². The van der Waals surface area contributed by atoms with Crippen molar-refractivity contribution >= 4 is 17.7 Å². The number of carbonyl (C=O) groups excluding carboxylic acids is 1. The fourth-order valence-electron chi connectivity index (χ4n) is 2.22. The molecule has 0 N–H and O–H groups in total. The van der Waals surface area contributed by atoms with Gasteiger partial charge in [-0.05, 0) is 36.3 Å². The SMILES string of the molecule is Cc1ccc(/C=C/C(=O)N(C)Cc2ccc(N(C)C)cc2)cc1. The molecule has 0 spiro atoms. The highest BCUT2D eigenvalue weighted by Crippen LogP contribution is 2.13. The summed E-state index contributed by atoms with van der Waals surface area (Å²) >= 11 is 0. The summed E-state index contributed by atoms with van der Waals surface area (Å²) < 4.78 is 0. The van der Waals surface area contributed by atoms with Crippen molar-refractivity contribution < 1.29 is 4.79 Å². The lowest BCUT2D eigenvalue weighted by Crippen LogP contribution is -2.24. The number of aryl methyl sites for hydroxylation is 1. The standard InChI is InChI=1S/C20H24N2O/c1-16-5-7-17(8-6-16)11-14-20(23)22(4)15-18-9-12-19(13-10-18)21(2)3/h5-14H,15H2,1-4H3/b14-11+. The molecule has 0 heterocycles. The molecule has 0 aliphatic heterocycles. The van der Waals surface area contributed by atoms with Crippen LogP contribution in [0, 0.1) is 6.92 Å². The van der Waals surface area contributed by atoms with Gasteiger partial charge in [0.15, 0.2) is 0 Å². The molecule has 0 aliphatic carbocycles. The van der Waals surface area contributed by atoms with Gasteiger partial charge >= 0.3 is 0 Å². The highest BCUT2D eigenvalue weighted by atomic mass is 16.2. The van der Waals surface area contributed by atoms with Gasteiger partial charge in [-0.15, -0.1) is 0 Å². The summed E-state index contributed by atoms with van der Waals surface area (Å²) in [5.74, 6) is 0.00209.